The molecule has 4 heteroatoms. The second-order valence-electron chi connectivity index (χ2n) is 5.62. The van der Waals surface area contributed by atoms with E-state index < -0.39 is 0 Å². The zero-order valence-electron chi connectivity index (χ0n) is 13.2. The van der Waals surface area contributed by atoms with Gasteiger partial charge in [-0.1, -0.05) is 0 Å². The third-order valence-electron chi connectivity index (χ3n) is 4.37. The van der Waals surface area contributed by atoms with Crippen LogP contribution in [0.25, 0.3) is 16.9 Å². The summed E-state index contributed by atoms with van der Waals surface area (Å²) in [6, 6.07) is 14.9. The molecule has 0 atom stereocenters. The van der Waals surface area contributed by atoms with Gasteiger partial charge in [0.05, 0.1) is 24.7 Å². The predicted molar refractivity (Wildman–Crippen MR) is 94.7 cm³/mol. The van der Waals surface area contributed by atoms with E-state index in [1.54, 1.807) is 18.9 Å². The Hall–Kier alpha value is -2.20. The van der Waals surface area contributed by atoms with Gasteiger partial charge in [-0.3, -0.25) is 4.57 Å². The molecule has 0 amide bonds. The number of rotatable bonds is 3. The number of imidazole rings is 1. The summed E-state index contributed by atoms with van der Waals surface area (Å²) in [5.74, 6) is 2.01. The summed E-state index contributed by atoms with van der Waals surface area (Å²) in [4.78, 5) is 5.96. The number of nitrogens with zero attached hydrogens (tertiary/aromatic N) is 2. The molecule has 1 aliphatic heterocycles. The van der Waals surface area contributed by atoms with Gasteiger partial charge >= 0.3 is 0 Å². The van der Waals surface area contributed by atoms with Gasteiger partial charge in [0.25, 0.3) is 0 Å². The van der Waals surface area contributed by atoms with Crippen LogP contribution in [0.15, 0.2) is 53.6 Å². The number of fused-ring (bicyclic) bond motifs is 3. The molecule has 0 saturated carbocycles. The SMILES string of the molecule is COc1ccc(-c2cnc3n2-c2ccc(SC)cc2CC3)cc1. The number of thioether (sulfide) groups is 1. The van der Waals surface area contributed by atoms with Crippen molar-refractivity contribution in [3.05, 3.63) is 60.0 Å². The zero-order valence-corrected chi connectivity index (χ0v) is 14.1. The van der Waals surface area contributed by atoms with Crippen molar-refractivity contribution in [1.29, 1.82) is 0 Å². The highest BCUT2D eigenvalue weighted by Crippen LogP contribution is 2.33. The van der Waals surface area contributed by atoms with E-state index in [9.17, 15) is 0 Å². The highest BCUT2D eigenvalue weighted by molar-refractivity contribution is 7.98. The normalized spacial score (nSPS) is 12.6. The number of benzene rings is 2. The molecule has 0 radical (unpaired) electrons. The molecule has 0 saturated heterocycles. The van der Waals surface area contributed by atoms with E-state index in [-0.39, 0.29) is 0 Å². The van der Waals surface area contributed by atoms with Crippen molar-refractivity contribution in [2.45, 2.75) is 17.7 Å². The lowest BCUT2D eigenvalue weighted by Gasteiger charge is -2.21. The largest absolute Gasteiger partial charge is 0.497 e. The quantitative estimate of drug-likeness (QED) is 0.670. The Labute approximate surface area is 140 Å². The molecule has 0 fully saturated rings. The Bertz CT molecular complexity index is 852. The van der Waals surface area contributed by atoms with E-state index in [1.807, 2.05) is 18.3 Å². The van der Waals surface area contributed by atoms with Crippen LogP contribution in [-0.2, 0) is 12.8 Å². The molecule has 4 rings (SSSR count). The fraction of sp³-hybridized carbons (Fsp3) is 0.211. The predicted octanol–water partition coefficient (Wildman–Crippen LogP) is 4.37. The fourth-order valence-electron chi connectivity index (χ4n) is 3.15. The van der Waals surface area contributed by atoms with Crippen LogP contribution in [0.4, 0.5) is 0 Å². The van der Waals surface area contributed by atoms with Crippen molar-refractivity contribution < 1.29 is 4.74 Å². The van der Waals surface area contributed by atoms with E-state index in [0.717, 1.165) is 35.7 Å². The molecule has 2 aromatic carbocycles. The van der Waals surface area contributed by atoms with Gasteiger partial charge in [0.15, 0.2) is 0 Å². The summed E-state index contributed by atoms with van der Waals surface area (Å²) < 4.78 is 7.55. The molecule has 3 nitrogen and oxygen atoms in total. The standard InChI is InChI=1S/C19H18N2OS/c1-22-15-6-3-13(4-7-15)18-12-20-19-10-5-14-11-16(23-2)8-9-17(14)21(18)19/h3-4,6-9,11-12H,5,10H2,1-2H3. The summed E-state index contributed by atoms with van der Waals surface area (Å²) in [6.07, 6.45) is 6.15. The number of aryl methyl sites for hydroxylation is 2. The van der Waals surface area contributed by atoms with Crippen molar-refractivity contribution >= 4 is 11.8 Å². The van der Waals surface area contributed by atoms with Crippen LogP contribution >= 0.6 is 11.8 Å². The molecule has 0 N–H and O–H groups in total. The lowest BCUT2D eigenvalue weighted by atomic mass is 10.0. The Morgan fingerprint density at radius 2 is 1.91 bits per heavy atom. The van der Waals surface area contributed by atoms with Crippen molar-refractivity contribution in [2.24, 2.45) is 0 Å². The van der Waals surface area contributed by atoms with E-state index >= 15 is 0 Å². The van der Waals surface area contributed by atoms with Gasteiger partial charge < -0.3 is 4.74 Å². The molecule has 116 valence electrons. The van der Waals surface area contributed by atoms with Crippen LogP contribution in [-0.4, -0.2) is 22.9 Å². The van der Waals surface area contributed by atoms with Crippen LogP contribution in [0.3, 0.4) is 0 Å². The highest BCUT2D eigenvalue weighted by Gasteiger charge is 2.20. The molecule has 23 heavy (non-hydrogen) atoms. The van der Waals surface area contributed by atoms with Crippen molar-refractivity contribution in [1.82, 2.24) is 9.55 Å². The molecular formula is C19H18N2OS. The van der Waals surface area contributed by atoms with Gasteiger partial charge in [-0.2, -0.15) is 0 Å². The third kappa shape index (κ3) is 2.43. The first-order chi connectivity index (χ1) is 11.3. The topological polar surface area (TPSA) is 27.1 Å². The average molecular weight is 322 g/mol. The van der Waals surface area contributed by atoms with Crippen molar-refractivity contribution in [3.8, 4) is 22.7 Å². The lowest BCUT2D eigenvalue weighted by molar-refractivity contribution is 0.415. The Morgan fingerprint density at radius 3 is 2.65 bits per heavy atom. The summed E-state index contributed by atoms with van der Waals surface area (Å²) in [7, 11) is 1.69. The first kappa shape index (κ1) is 14.4. The second kappa shape index (κ2) is 5.78. The van der Waals surface area contributed by atoms with Gasteiger partial charge in [-0.25, -0.2) is 4.98 Å². The first-order valence-corrected chi connectivity index (χ1v) is 8.91. The minimum Gasteiger partial charge on any atom is -0.497 e. The Balaban J connectivity index is 1.84. The maximum absolute atomic E-state index is 5.26. The zero-order chi connectivity index (χ0) is 15.8. The van der Waals surface area contributed by atoms with Crippen molar-refractivity contribution in [2.75, 3.05) is 13.4 Å². The highest BCUT2D eigenvalue weighted by atomic mass is 32.2. The average Bonchev–Trinajstić information content (AvgIpc) is 3.05. The molecule has 0 unspecified atom stereocenters. The number of methoxy groups -OCH3 is 1. The van der Waals surface area contributed by atoms with E-state index in [4.69, 9.17) is 4.74 Å². The van der Waals surface area contributed by atoms with Crippen LogP contribution < -0.4 is 4.74 Å². The molecule has 2 heterocycles. The second-order valence-corrected chi connectivity index (χ2v) is 6.50. The lowest BCUT2D eigenvalue weighted by Crippen LogP contribution is -2.13. The van der Waals surface area contributed by atoms with Crippen molar-refractivity contribution in [3.63, 3.8) is 0 Å². The van der Waals surface area contributed by atoms with Crippen LogP contribution in [0.5, 0.6) is 5.75 Å². The molecule has 0 bridgehead atoms. The summed E-state index contributed by atoms with van der Waals surface area (Å²) in [5, 5.41) is 0. The molecule has 3 aromatic rings. The van der Waals surface area contributed by atoms with Gasteiger partial charge in [-0.15, -0.1) is 11.8 Å². The fourth-order valence-corrected chi connectivity index (χ4v) is 3.62. The number of hydrogen-bond donors (Lipinski definition) is 0. The molecule has 1 aromatic heterocycles. The minimum absolute atomic E-state index is 0.872. The third-order valence-corrected chi connectivity index (χ3v) is 5.09. The van der Waals surface area contributed by atoms with Crippen LogP contribution in [0.2, 0.25) is 0 Å². The van der Waals surface area contributed by atoms with E-state index in [1.165, 1.54) is 16.1 Å². The summed E-state index contributed by atoms with van der Waals surface area (Å²) in [5.41, 5.74) is 4.95. The first-order valence-electron chi connectivity index (χ1n) is 7.68. The molecule has 0 aliphatic carbocycles. The van der Waals surface area contributed by atoms with E-state index in [0.29, 0.717) is 0 Å². The number of aromatic nitrogens is 2. The monoisotopic (exact) mass is 322 g/mol. The van der Waals surface area contributed by atoms with Gasteiger partial charge in [0.1, 0.15) is 11.6 Å². The molecular weight excluding hydrogens is 304 g/mol. The van der Waals surface area contributed by atoms with Gasteiger partial charge in [0, 0.05) is 16.9 Å². The summed E-state index contributed by atoms with van der Waals surface area (Å²) in [6.45, 7) is 0. The number of ether oxygens (including phenoxy) is 1. The van der Waals surface area contributed by atoms with Crippen LogP contribution in [0.1, 0.15) is 11.4 Å². The van der Waals surface area contributed by atoms with Gasteiger partial charge in [0.2, 0.25) is 0 Å². The molecule has 1 aliphatic rings. The summed E-state index contributed by atoms with van der Waals surface area (Å²) >= 11 is 1.79. The minimum atomic E-state index is 0.872. The smallest absolute Gasteiger partial charge is 0.118 e. The maximum Gasteiger partial charge on any atom is 0.118 e. The Morgan fingerprint density at radius 1 is 1.09 bits per heavy atom. The molecule has 0 spiro atoms. The maximum atomic E-state index is 5.26. The van der Waals surface area contributed by atoms with Gasteiger partial charge in [-0.05, 0) is 60.7 Å². The Kier molecular flexibility index (Phi) is 3.62. The number of hydrogen-bond acceptors (Lipinski definition) is 3. The van der Waals surface area contributed by atoms with Crippen LogP contribution in [0, 0.1) is 0 Å². The van der Waals surface area contributed by atoms with E-state index in [2.05, 4.69) is 46.1 Å².